The minimum atomic E-state index is -4.68. The van der Waals surface area contributed by atoms with Crippen LogP contribution in [0.1, 0.15) is 15.9 Å². The van der Waals surface area contributed by atoms with Crippen molar-refractivity contribution in [3.05, 3.63) is 53.9 Å². The topological polar surface area (TPSA) is 70.5 Å². The fraction of sp³-hybridized carbons (Fsp3) is 0.316. The number of carbonyl (C=O) groups is 2. The third-order valence-electron chi connectivity index (χ3n) is 4.68. The fourth-order valence-electron chi connectivity index (χ4n) is 3.27. The highest BCUT2D eigenvalue weighted by Gasteiger charge is 2.53. The van der Waals surface area contributed by atoms with Gasteiger partial charge in [-0.15, -0.1) is 0 Å². The molecule has 0 spiro atoms. The van der Waals surface area contributed by atoms with Gasteiger partial charge in [0.05, 0.1) is 17.4 Å². The van der Waals surface area contributed by atoms with Gasteiger partial charge >= 0.3 is 12.1 Å². The van der Waals surface area contributed by atoms with Gasteiger partial charge in [-0.25, -0.2) is 0 Å². The van der Waals surface area contributed by atoms with E-state index in [1.807, 2.05) is 31.2 Å². The van der Waals surface area contributed by atoms with Crippen LogP contribution in [0, 0.1) is 18.8 Å². The van der Waals surface area contributed by atoms with Gasteiger partial charge in [0, 0.05) is 31.0 Å². The summed E-state index contributed by atoms with van der Waals surface area (Å²) in [6.45, 7) is 0.764. The molecule has 0 radical (unpaired) electrons. The first-order chi connectivity index (χ1) is 12.7. The van der Waals surface area contributed by atoms with Crippen molar-refractivity contribution in [1.82, 2.24) is 9.88 Å². The number of aryl methyl sites for hydroxylation is 1. The zero-order valence-electron chi connectivity index (χ0n) is 14.4. The van der Waals surface area contributed by atoms with Crippen LogP contribution in [0.25, 0.3) is 11.1 Å². The highest BCUT2D eigenvalue weighted by Crippen LogP contribution is 2.38. The van der Waals surface area contributed by atoms with Crippen LogP contribution in [0.2, 0.25) is 0 Å². The molecule has 2 heterocycles. The number of rotatable bonds is 3. The van der Waals surface area contributed by atoms with Crippen LogP contribution in [-0.4, -0.2) is 46.1 Å². The summed E-state index contributed by atoms with van der Waals surface area (Å²) in [6.07, 6.45) is -1.84. The highest BCUT2D eigenvalue weighted by molar-refractivity contribution is 5.95. The SMILES string of the molecule is Cc1cccc(-c2cncc(C(=O)N3C[C@@H](C(F)(F)F)[C@H](C(=O)O)C3)c2)c1. The Kier molecular flexibility index (Phi) is 4.91. The minimum absolute atomic E-state index is 0.126. The van der Waals surface area contributed by atoms with Crippen molar-refractivity contribution in [3.8, 4) is 11.1 Å². The average Bonchev–Trinajstić information content (AvgIpc) is 3.07. The molecule has 8 heteroatoms. The summed E-state index contributed by atoms with van der Waals surface area (Å²) in [6, 6.07) is 9.07. The van der Waals surface area contributed by atoms with E-state index in [9.17, 15) is 22.8 Å². The van der Waals surface area contributed by atoms with Crippen molar-refractivity contribution < 1.29 is 27.9 Å². The van der Waals surface area contributed by atoms with Crippen LogP contribution in [0.5, 0.6) is 0 Å². The van der Waals surface area contributed by atoms with Gasteiger partial charge in [0.2, 0.25) is 0 Å². The van der Waals surface area contributed by atoms with Crippen LogP contribution in [0.15, 0.2) is 42.7 Å². The van der Waals surface area contributed by atoms with Crippen LogP contribution in [-0.2, 0) is 4.79 Å². The number of likely N-dealkylation sites (tertiary alicyclic amines) is 1. The molecular formula is C19H17F3N2O3. The van der Waals surface area contributed by atoms with E-state index >= 15 is 0 Å². The molecule has 1 amide bonds. The second-order valence-electron chi connectivity index (χ2n) is 6.63. The number of carboxylic acid groups (broad SMARTS) is 1. The molecule has 0 aliphatic carbocycles. The number of nitrogens with zero attached hydrogens (tertiary/aromatic N) is 2. The van der Waals surface area contributed by atoms with Gasteiger partial charge in [-0.2, -0.15) is 13.2 Å². The smallest absolute Gasteiger partial charge is 0.394 e. The lowest BCUT2D eigenvalue weighted by atomic mass is 9.96. The van der Waals surface area contributed by atoms with Gasteiger partial charge in [0.25, 0.3) is 5.91 Å². The quantitative estimate of drug-likeness (QED) is 0.889. The largest absolute Gasteiger partial charge is 0.481 e. The van der Waals surface area contributed by atoms with Gasteiger partial charge in [-0.05, 0) is 18.6 Å². The predicted molar refractivity (Wildman–Crippen MR) is 91.0 cm³/mol. The molecule has 3 rings (SSSR count). The van der Waals surface area contributed by atoms with E-state index < -0.39 is 43.0 Å². The van der Waals surface area contributed by atoms with Crippen LogP contribution in [0.3, 0.4) is 0 Å². The van der Waals surface area contributed by atoms with Crippen molar-refractivity contribution in [1.29, 1.82) is 0 Å². The predicted octanol–water partition coefficient (Wildman–Crippen LogP) is 3.39. The maximum Gasteiger partial charge on any atom is 0.394 e. The van der Waals surface area contributed by atoms with Gasteiger partial charge in [-0.1, -0.05) is 29.8 Å². The number of benzene rings is 1. The molecule has 2 atom stereocenters. The summed E-state index contributed by atoms with van der Waals surface area (Å²) in [7, 11) is 0. The molecule has 1 aromatic heterocycles. The normalized spacial score (nSPS) is 19.9. The molecule has 1 N–H and O–H groups in total. The van der Waals surface area contributed by atoms with Crippen molar-refractivity contribution in [2.45, 2.75) is 13.1 Å². The summed E-state index contributed by atoms with van der Waals surface area (Å²) in [5.41, 5.74) is 2.63. The van der Waals surface area contributed by atoms with E-state index in [1.54, 1.807) is 12.3 Å². The van der Waals surface area contributed by atoms with Crippen LogP contribution in [0.4, 0.5) is 13.2 Å². The molecule has 27 heavy (non-hydrogen) atoms. The van der Waals surface area contributed by atoms with E-state index in [2.05, 4.69) is 4.98 Å². The van der Waals surface area contributed by atoms with Gasteiger partial charge in [-0.3, -0.25) is 14.6 Å². The van der Waals surface area contributed by atoms with E-state index in [4.69, 9.17) is 5.11 Å². The summed E-state index contributed by atoms with van der Waals surface area (Å²) in [4.78, 5) is 28.8. The maximum atomic E-state index is 13.1. The number of carbonyl (C=O) groups excluding carboxylic acids is 1. The lowest BCUT2D eigenvalue weighted by molar-refractivity contribution is -0.187. The standard InChI is InChI=1S/C19H17F3N2O3/c1-11-3-2-4-12(5-11)13-6-14(8-23-7-13)17(25)24-9-15(18(26)27)16(10-24)19(20,21)22/h2-8,15-16H,9-10H2,1H3,(H,26,27)/t15-,16-/m1/s1. The number of halogens is 3. The first-order valence-corrected chi connectivity index (χ1v) is 8.27. The average molecular weight is 378 g/mol. The second-order valence-corrected chi connectivity index (χ2v) is 6.63. The molecule has 2 aromatic rings. The monoisotopic (exact) mass is 378 g/mol. The first kappa shape index (κ1) is 18.9. The lowest BCUT2D eigenvalue weighted by Gasteiger charge is -2.18. The van der Waals surface area contributed by atoms with Crippen molar-refractivity contribution in [3.63, 3.8) is 0 Å². The van der Waals surface area contributed by atoms with Crippen molar-refractivity contribution in [2.75, 3.05) is 13.1 Å². The third-order valence-corrected chi connectivity index (χ3v) is 4.68. The number of carboxylic acids is 1. The number of amides is 1. The fourth-order valence-corrected chi connectivity index (χ4v) is 3.27. The Labute approximate surface area is 153 Å². The Balaban J connectivity index is 1.86. The van der Waals surface area contributed by atoms with E-state index in [-0.39, 0.29) is 5.56 Å². The zero-order chi connectivity index (χ0) is 19.8. The molecule has 0 unspecified atom stereocenters. The Morgan fingerprint density at radius 3 is 2.48 bits per heavy atom. The number of aromatic nitrogens is 1. The number of hydrogen-bond acceptors (Lipinski definition) is 3. The molecule has 142 valence electrons. The minimum Gasteiger partial charge on any atom is -0.481 e. The molecule has 1 saturated heterocycles. The number of pyridine rings is 1. The number of hydrogen-bond donors (Lipinski definition) is 1. The van der Waals surface area contributed by atoms with E-state index in [1.165, 1.54) is 6.20 Å². The summed E-state index contributed by atoms with van der Waals surface area (Å²) >= 11 is 0. The molecule has 5 nitrogen and oxygen atoms in total. The molecule has 1 aromatic carbocycles. The second kappa shape index (κ2) is 7.02. The molecular weight excluding hydrogens is 361 g/mol. The number of alkyl halides is 3. The number of aliphatic carboxylic acids is 1. The molecule has 0 saturated carbocycles. The molecule has 1 aliphatic rings. The van der Waals surface area contributed by atoms with Crippen LogP contribution < -0.4 is 0 Å². The van der Waals surface area contributed by atoms with E-state index in [0.29, 0.717) is 5.56 Å². The molecule has 1 fully saturated rings. The van der Waals surface area contributed by atoms with Gasteiger partial charge in [0.15, 0.2) is 0 Å². The molecule has 0 bridgehead atoms. The Hall–Kier alpha value is -2.90. The lowest BCUT2D eigenvalue weighted by Crippen LogP contribution is -2.34. The van der Waals surface area contributed by atoms with Crippen molar-refractivity contribution in [2.24, 2.45) is 11.8 Å². The summed E-state index contributed by atoms with van der Waals surface area (Å²) in [5, 5.41) is 9.09. The Morgan fingerprint density at radius 1 is 1.15 bits per heavy atom. The third kappa shape index (κ3) is 3.94. The zero-order valence-corrected chi connectivity index (χ0v) is 14.4. The van der Waals surface area contributed by atoms with Gasteiger partial charge in [0.1, 0.15) is 0 Å². The highest BCUT2D eigenvalue weighted by atomic mass is 19.4. The van der Waals surface area contributed by atoms with Crippen LogP contribution >= 0.6 is 0 Å². The molecule has 1 aliphatic heterocycles. The first-order valence-electron chi connectivity index (χ1n) is 8.27. The Bertz CT molecular complexity index is 882. The van der Waals surface area contributed by atoms with E-state index in [0.717, 1.165) is 16.0 Å². The Morgan fingerprint density at radius 2 is 1.89 bits per heavy atom. The maximum absolute atomic E-state index is 13.1. The summed E-state index contributed by atoms with van der Waals surface area (Å²) < 4.78 is 39.4. The van der Waals surface area contributed by atoms with Gasteiger partial charge < -0.3 is 10.0 Å². The van der Waals surface area contributed by atoms with Crippen molar-refractivity contribution >= 4 is 11.9 Å². The summed E-state index contributed by atoms with van der Waals surface area (Å²) in [5.74, 6) is -5.96.